The van der Waals surface area contributed by atoms with Crippen molar-refractivity contribution in [1.82, 2.24) is 10.9 Å². The molecule has 0 aliphatic rings. The molecule has 0 saturated heterocycles. The number of urea groups is 1. The molecule has 0 aliphatic heterocycles. The number of nitrogens with one attached hydrogen (secondary N) is 2. The van der Waals surface area contributed by atoms with Crippen LogP contribution in [0.4, 0.5) is 4.79 Å². The summed E-state index contributed by atoms with van der Waals surface area (Å²) in [5.74, 6) is -0.956. The van der Waals surface area contributed by atoms with Gasteiger partial charge in [0, 0.05) is 11.1 Å². The maximum atomic E-state index is 11.9. The van der Waals surface area contributed by atoms with Crippen molar-refractivity contribution in [1.29, 1.82) is 0 Å². The molecule has 0 spiro atoms. The molecule has 0 bridgehead atoms. The number of furan rings is 2. The van der Waals surface area contributed by atoms with Crippen molar-refractivity contribution in [3.8, 4) is 22.6 Å². The lowest BCUT2D eigenvalue weighted by Gasteiger charge is -2.02. The maximum Gasteiger partial charge on any atom is 0.355 e. The van der Waals surface area contributed by atoms with Crippen molar-refractivity contribution in [2.24, 2.45) is 10.2 Å². The van der Waals surface area contributed by atoms with E-state index in [0.29, 0.717) is 34.2 Å². The Hall–Kier alpha value is -4.87. The van der Waals surface area contributed by atoms with E-state index in [0.717, 1.165) is 0 Å². The number of carbonyl (C=O) groups is 3. The van der Waals surface area contributed by atoms with Crippen molar-refractivity contribution in [3.63, 3.8) is 0 Å². The molecule has 2 aromatic carbocycles. The first-order chi connectivity index (χ1) is 18.2. The van der Waals surface area contributed by atoms with E-state index in [4.69, 9.17) is 32.0 Å². The molecule has 11 nitrogen and oxygen atoms in total. The largest absolute Gasteiger partial charge is 0.478 e. The molecule has 2 aromatic heterocycles. The second-order valence-corrected chi connectivity index (χ2v) is 8.29. The van der Waals surface area contributed by atoms with E-state index >= 15 is 0 Å². The van der Waals surface area contributed by atoms with Crippen molar-refractivity contribution < 1.29 is 33.4 Å². The fraction of sp³-hybridized carbons (Fsp3) is 0. The minimum absolute atomic E-state index is 0.0576. The summed E-state index contributed by atoms with van der Waals surface area (Å²) >= 11 is 11.8. The van der Waals surface area contributed by atoms with Crippen LogP contribution in [0.3, 0.4) is 0 Å². The van der Waals surface area contributed by atoms with Crippen LogP contribution in [0, 0.1) is 0 Å². The van der Waals surface area contributed by atoms with E-state index in [1.165, 1.54) is 36.7 Å². The molecule has 192 valence electrons. The van der Waals surface area contributed by atoms with E-state index in [1.54, 1.807) is 36.4 Å². The third-order valence-corrected chi connectivity index (χ3v) is 5.59. The van der Waals surface area contributed by atoms with Crippen LogP contribution in [0.15, 0.2) is 79.7 Å². The average Bonchev–Trinajstić information content (AvgIpc) is 3.54. The molecule has 38 heavy (non-hydrogen) atoms. The molecule has 0 radical (unpaired) electrons. The van der Waals surface area contributed by atoms with Crippen molar-refractivity contribution in [3.05, 3.63) is 93.4 Å². The highest BCUT2D eigenvalue weighted by molar-refractivity contribution is 6.34. The van der Waals surface area contributed by atoms with Gasteiger partial charge in [0.05, 0.1) is 33.6 Å². The van der Waals surface area contributed by atoms with Gasteiger partial charge in [0.2, 0.25) is 0 Å². The van der Waals surface area contributed by atoms with E-state index in [1.807, 2.05) is 0 Å². The first kappa shape index (κ1) is 26.2. The van der Waals surface area contributed by atoms with Gasteiger partial charge < -0.3 is 19.0 Å². The minimum atomic E-state index is -1.16. The quantitative estimate of drug-likeness (QED) is 0.163. The normalized spacial score (nSPS) is 11.2. The molecule has 4 rings (SSSR count). The number of aromatic carboxylic acids is 2. The van der Waals surface area contributed by atoms with Crippen molar-refractivity contribution >= 4 is 53.6 Å². The minimum Gasteiger partial charge on any atom is -0.478 e. The molecule has 0 unspecified atom stereocenters. The summed E-state index contributed by atoms with van der Waals surface area (Å²) in [6.07, 6.45) is 2.49. The summed E-state index contributed by atoms with van der Waals surface area (Å²) in [7, 11) is 0. The van der Waals surface area contributed by atoms with Crippen LogP contribution in [0.2, 0.25) is 10.0 Å². The maximum absolute atomic E-state index is 11.9. The Balaban J connectivity index is 1.31. The third-order valence-electron chi connectivity index (χ3n) is 4.93. The van der Waals surface area contributed by atoms with Gasteiger partial charge in [-0.3, -0.25) is 0 Å². The molecule has 0 fully saturated rings. The highest BCUT2D eigenvalue weighted by atomic mass is 35.5. The first-order valence-corrected chi connectivity index (χ1v) is 11.3. The Bertz CT molecular complexity index is 1470. The number of carboxylic acids is 2. The average molecular weight is 555 g/mol. The monoisotopic (exact) mass is 554 g/mol. The number of hydrogen-bond donors (Lipinski definition) is 4. The van der Waals surface area contributed by atoms with E-state index < -0.39 is 18.0 Å². The number of halogens is 2. The molecule has 2 heterocycles. The summed E-state index contributed by atoms with van der Waals surface area (Å²) in [4.78, 5) is 34.4. The smallest absolute Gasteiger partial charge is 0.355 e. The molecule has 4 N–H and O–H groups in total. The molecule has 0 saturated carbocycles. The fourth-order valence-corrected chi connectivity index (χ4v) is 3.57. The summed E-state index contributed by atoms with van der Waals surface area (Å²) in [6.45, 7) is 0. The Morgan fingerprint density at radius 2 is 1.11 bits per heavy atom. The van der Waals surface area contributed by atoms with Gasteiger partial charge >= 0.3 is 18.0 Å². The summed E-state index contributed by atoms with van der Waals surface area (Å²) in [5.41, 5.74) is 5.30. The highest BCUT2D eigenvalue weighted by Crippen LogP contribution is 2.28. The van der Waals surface area contributed by atoms with E-state index in [9.17, 15) is 24.6 Å². The Morgan fingerprint density at radius 3 is 1.50 bits per heavy atom. The summed E-state index contributed by atoms with van der Waals surface area (Å²) in [6, 6.07) is 14.6. The Labute approximate surface area is 224 Å². The van der Waals surface area contributed by atoms with Gasteiger partial charge in [-0.1, -0.05) is 23.2 Å². The summed E-state index contributed by atoms with van der Waals surface area (Å²) in [5, 5.41) is 26.1. The molecule has 4 aromatic rings. The molecular formula is C25H16Cl2N4O7. The predicted octanol–water partition coefficient (Wildman–Crippen LogP) is 5.58. The van der Waals surface area contributed by atoms with Gasteiger partial charge in [-0.25, -0.2) is 25.2 Å². The third kappa shape index (κ3) is 6.27. The number of hydrogen-bond acceptors (Lipinski definition) is 7. The van der Waals surface area contributed by atoms with Gasteiger partial charge in [-0.2, -0.15) is 10.2 Å². The molecule has 2 amide bonds. The van der Waals surface area contributed by atoms with Crippen LogP contribution in [0.5, 0.6) is 0 Å². The zero-order chi connectivity index (χ0) is 27.2. The van der Waals surface area contributed by atoms with Crippen LogP contribution in [-0.2, 0) is 0 Å². The zero-order valence-electron chi connectivity index (χ0n) is 19.0. The fourth-order valence-electron chi connectivity index (χ4n) is 3.17. The summed E-state index contributed by atoms with van der Waals surface area (Å²) < 4.78 is 11.2. The van der Waals surface area contributed by atoms with Crippen LogP contribution >= 0.6 is 23.2 Å². The van der Waals surface area contributed by atoms with E-state index in [2.05, 4.69) is 21.1 Å². The van der Waals surface area contributed by atoms with Crippen LogP contribution in [0.25, 0.3) is 22.6 Å². The molecule has 0 aliphatic carbocycles. The van der Waals surface area contributed by atoms with Crippen LogP contribution < -0.4 is 10.9 Å². The molecule has 0 atom stereocenters. The van der Waals surface area contributed by atoms with E-state index in [-0.39, 0.29) is 21.2 Å². The number of benzene rings is 2. The van der Waals surface area contributed by atoms with Gasteiger partial charge in [0.25, 0.3) is 0 Å². The van der Waals surface area contributed by atoms with Gasteiger partial charge in [0.1, 0.15) is 23.0 Å². The van der Waals surface area contributed by atoms with Crippen molar-refractivity contribution in [2.75, 3.05) is 0 Å². The zero-order valence-corrected chi connectivity index (χ0v) is 20.5. The second-order valence-electron chi connectivity index (χ2n) is 7.47. The lowest BCUT2D eigenvalue weighted by atomic mass is 10.1. The standard InChI is InChI=1S/C25H16Cl2N4O7/c26-19-5-1-13(9-17(19)23(32)33)21-7-3-15(37-21)11-28-30-25(36)31-29-12-16-4-8-22(38-16)14-2-6-20(27)18(10-14)24(34)35/h1-12H,(H,32,33)(H,34,35)(H2,30,31,36)/b28-11-,29-12+. The second kappa shape index (κ2) is 11.5. The highest BCUT2D eigenvalue weighted by Gasteiger charge is 2.13. The number of nitrogens with zero attached hydrogens (tertiary/aromatic N) is 2. The Morgan fingerprint density at radius 1 is 0.684 bits per heavy atom. The van der Waals surface area contributed by atoms with Gasteiger partial charge in [0.15, 0.2) is 0 Å². The number of carbonyl (C=O) groups excluding carboxylic acids is 1. The Kier molecular flexibility index (Phi) is 7.90. The predicted molar refractivity (Wildman–Crippen MR) is 139 cm³/mol. The molecular weight excluding hydrogens is 539 g/mol. The number of hydrazone groups is 2. The SMILES string of the molecule is O=C(N/N=C\c1ccc(-c2ccc(Cl)c(C(=O)O)c2)o1)N/N=C/c1ccc(-c2ccc(Cl)c(C(=O)O)c2)o1. The van der Waals surface area contributed by atoms with Gasteiger partial charge in [-0.15, -0.1) is 0 Å². The number of amides is 2. The lowest BCUT2D eigenvalue weighted by molar-refractivity contribution is 0.0686. The lowest BCUT2D eigenvalue weighted by Crippen LogP contribution is -2.28. The number of carboxylic acid groups (broad SMARTS) is 2. The van der Waals surface area contributed by atoms with Crippen molar-refractivity contribution in [2.45, 2.75) is 0 Å². The number of rotatable bonds is 8. The van der Waals surface area contributed by atoms with Crippen LogP contribution in [0.1, 0.15) is 32.2 Å². The van der Waals surface area contributed by atoms with Gasteiger partial charge in [-0.05, 0) is 60.7 Å². The topological polar surface area (TPSA) is 167 Å². The van der Waals surface area contributed by atoms with Crippen LogP contribution in [-0.4, -0.2) is 40.6 Å². The molecule has 13 heteroatoms. The first-order valence-electron chi connectivity index (χ1n) is 10.6.